The van der Waals surface area contributed by atoms with E-state index in [0.717, 1.165) is 37.4 Å². The second-order valence-electron chi connectivity index (χ2n) is 5.30. The van der Waals surface area contributed by atoms with Crippen LogP contribution in [0.15, 0.2) is 53.2 Å². The van der Waals surface area contributed by atoms with Gasteiger partial charge in [-0.3, -0.25) is 4.98 Å². The molecule has 6 nitrogen and oxygen atoms in total. The zero-order valence-electron chi connectivity index (χ0n) is 12.6. The molecule has 1 aromatic carbocycles. The summed E-state index contributed by atoms with van der Waals surface area (Å²) in [6.07, 6.45) is 3.42. The molecule has 116 valence electrons. The maximum absolute atomic E-state index is 5.75. The highest BCUT2D eigenvalue weighted by Crippen LogP contribution is 2.25. The number of ether oxygens (including phenoxy) is 1. The van der Waals surface area contributed by atoms with Crippen molar-refractivity contribution in [3.8, 4) is 22.9 Å². The summed E-state index contributed by atoms with van der Waals surface area (Å²) in [7, 11) is 0. The second kappa shape index (κ2) is 6.18. The number of rotatable bonds is 3. The molecule has 0 aliphatic carbocycles. The van der Waals surface area contributed by atoms with Crippen molar-refractivity contribution in [2.75, 3.05) is 31.2 Å². The highest BCUT2D eigenvalue weighted by molar-refractivity contribution is 5.61. The van der Waals surface area contributed by atoms with Crippen molar-refractivity contribution in [2.45, 2.75) is 0 Å². The summed E-state index contributed by atoms with van der Waals surface area (Å²) in [4.78, 5) is 6.37. The summed E-state index contributed by atoms with van der Waals surface area (Å²) in [6.45, 7) is 3.40. The van der Waals surface area contributed by atoms with Crippen LogP contribution in [0.25, 0.3) is 22.9 Å². The molecule has 4 rings (SSSR count). The third kappa shape index (κ3) is 2.93. The maximum Gasteiger partial charge on any atom is 0.249 e. The van der Waals surface area contributed by atoms with Crippen LogP contribution in [0.1, 0.15) is 0 Å². The van der Waals surface area contributed by atoms with Gasteiger partial charge in [0, 0.05) is 36.7 Å². The molecule has 3 aromatic rings. The Labute approximate surface area is 133 Å². The van der Waals surface area contributed by atoms with E-state index in [4.69, 9.17) is 9.15 Å². The van der Waals surface area contributed by atoms with E-state index in [-0.39, 0.29) is 0 Å². The number of benzene rings is 1. The van der Waals surface area contributed by atoms with Gasteiger partial charge in [0.2, 0.25) is 11.8 Å². The van der Waals surface area contributed by atoms with Gasteiger partial charge in [0.25, 0.3) is 0 Å². The first-order chi connectivity index (χ1) is 11.4. The average Bonchev–Trinajstić information content (AvgIpc) is 3.14. The molecule has 3 heterocycles. The molecule has 2 aromatic heterocycles. The summed E-state index contributed by atoms with van der Waals surface area (Å²) in [6, 6.07) is 11.9. The summed E-state index contributed by atoms with van der Waals surface area (Å²) in [5, 5.41) is 8.22. The Morgan fingerprint density at radius 3 is 2.30 bits per heavy atom. The molecule has 0 N–H and O–H groups in total. The second-order valence-corrected chi connectivity index (χ2v) is 5.30. The van der Waals surface area contributed by atoms with Gasteiger partial charge in [-0.2, -0.15) is 0 Å². The number of aromatic nitrogens is 3. The van der Waals surface area contributed by atoms with Gasteiger partial charge in [-0.05, 0) is 36.4 Å². The lowest BCUT2D eigenvalue weighted by Crippen LogP contribution is -2.36. The van der Waals surface area contributed by atoms with E-state index in [1.54, 1.807) is 12.4 Å². The normalized spacial score (nSPS) is 14.9. The zero-order valence-corrected chi connectivity index (χ0v) is 12.6. The van der Waals surface area contributed by atoms with E-state index in [0.29, 0.717) is 11.8 Å². The summed E-state index contributed by atoms with van der Waals surface area (Å²) in [5.41, 5.74) is 2.91. The number of hydrogen-bond acceptors (Lipinski definition) is 6. The van der Waals surface area contributed by atoms with Crippen molar-refractivity contribution < 1.29 is 9.15 Å². The molecule has 0 atom stereocenters. The Balaban J connectivity index is 1.55. The number of pyridine rings is 1. The molecule has 0 radical (unpaired) electrons. The minimum atomic E-state index is 0.477. The van der Waals surface area contributed by atoms with E-state index in [1.807, 2.05) is 24.3 Å². The Hall–Kier alpha value is -2.73. The van der Waals surface area contributed by atoms with E-state index in [9.17, 15) is 0 Å². The van der Waals surface area contributed by atoms with Crippen LogP contribution in [-0.2, 0) is 4.74 Å². The Kier molecular flexibility index (Phi) is 3.73. The topological polar surface area (TPSA) is 64.3 Å². The van der Waals surface area contributed by atoms with Crippen LogP contribution in [0.5, 0.6) is 0 Å². The van der Waals surface area contributed by atoms with Gasteiger partial charge < -0.3 is 14.1 Å². The van der Waals surface area contributed by atoms with Crippen molar-refractivity contribution in [3.05, 3.63) is 48.8 Å². The first-order valence-electron chi connectivity index (χ1n) is 7.57. The lowest BCUT2D eigenvalue weighted by Gasteiger charge is -2.28. The molecule has 0 unspecified atom stereocenters. The van der Waals surface area contributed by atoms with Gasteiger partial charge >= 0.3 is 0 Å². The van der Waals surface area contributed by atoms with Gasteiger partial charge in [0.15, 0.2) is 0 Å². The van der Waals surface area contributed by atoms with Crippen LogP contribution in [0.2, 0.25) is 0 Å². The fraction of sp³-hybridized carbons (Fsp3) is 0.235. The smallest absolute Gasteiger partial charge is 0.249 e. The molecule has 6 heteroatoms. The maximum atomic E-state index is 5.75. The molecule has 1 aliphatic rings. The molecule has 0 amide bonds. The van der Waals surface area contributed by atoms with Crippen molar-refractivity contribution >= 4 is 5.69 Å². The fourth-order valence-electron chi connectivity index (χ4n) is 2.58. The molecule has 23 heavy (non-hydrogen) atoms. The van der Waals surface area contributed by atoms with E-state index >= 15 is 0 Å². The van der Waals surface area contributed by atoms with Crippen LogP contribution in [0.4, 0.5) is 5.69 Å². The van der Waals surface area contributed by atoms with Crippen molar-refractivity contribution in [1.82, 2.24) is 15.2 Å². The van der Waals surface area contributed by atoms with Crippen LogP contribution < -0.4 is 4.90 Å². The molecule has 1 saturated heterocycles. The lowest BCUT2D eigenvalue weighted by molar-refractivity contribution is 0.122. The molecule has 0 spiro atoms. The molecular weight excluding hydrogens is 292 g/mol. The predicted molar refractivity (Wildman–Crippen MR) is 86.0 cm³/mol. The quantitative estimate of drug-likeness (QED) is 0.741. The molecule has 1 aliphatic heterocycles. The van der Waals surface area contributed by atoms with Gasteiger partial charge in [-0.15, -0.1) is 10.2 Å². The lowest BCUT2D eigenvalue weighted by atomic mass is 10.2. The van der Waals surface area contributed by atoms with Crippen LogP contribution in [-0.4, -0.2) is 41.5 Å². The zero-order chi connectivity index (χ0) is 15.5. The predicted octanol–water partition coefficient (Wildman–Crippen LogP) is 2.64. The van der Waals surface area contributed by atoms with E-state index < -0.39 is 0 Å². The van der Waals surface area contributed by atoms with Crippen molar-refractivity contribution in [2.24, 2.45) is 0 Å². The average molecular weight is 308 g/mol. The number of nitrogens with zero attached hydrogens (tertiary/aromatic N) is 4. The summed E-state index contributed by atoms with van der Waals surface area (Å²) in [5.74, 6) is 0.989. The highest BCUT2D eigenvalue weighted by Gasteiger charge is 2.13. The monoisotopic (exact) mass is 308 g/mol. The summed E-state index contributed by atoms with van der Waals surface area (Å²) < 4.78 is 11.1. The van der Waals surface area contributed by atoms with Gasteiger partial charge in [0.05, 0.1) is 18.8 Å². The van der Waals surface area contributed by atoms with Gasteiger partial charge in [0.1, 0.15) is 0 Å². The third-order valence-electron chi connectivity index (χ3n) is 3.82. The Morgan fingerprint density at radius 1 is 0.870 bits per heavy atom. The number of anilines is 1. The van der Waals surface area contributed by atoms with Crippen LogP contribution in [0, 0.1) is 0 Å². The van der Waals surface area contributed by atoms with Crippen molar-refractivity contribution in [1.29, 1.82) is 0 Å². The largest absolute Gasteiger partial charge is 0.416 e. The molecule has 1 fully saturated rings. The minimum absolute atomic E-state index is 0.477. The minimum Gasteiger partial charge on any atom is -0.416 e. The highest BCUT2D eigenvalue weighted by atomic mass is 16.5. The Bertz CT molecular complexity index is 765. The number of morpholine rings is 1. The van der Waals surface area contributed by atoms with E-state index in [2.05, 4.69) is 32.2 Å². The van der Waals surface area contributed by atoms with Crippen LogP contribution >= 0.6 is 0 Å². The Morgan fingerprint density at radius 2 is 1.61 bits per heavy atom. The molecule has 0 bridgehead atoms. The summed E-state index contributed by atoms with van der Waals surface area (Å²) >= 11 is 0. The third-order valence-corrected chi connectivity index (χ3v) is 3.82. The first kappa shape index (κ1) is 13.9. The van der Waals surface area contributed by atoms with Gasteiger partial charge in [-0.1, -0.05) is 0 Å². The standard InChI is InChI=1S/C17H16N4O2/c1-2-14(12-18-7-1)17-20-19-16(23-17)13-3-5-15(6-4-13)21-8-10-22-11-9-21/h1-7,12H,8-11H2. The molecular formula is C17H16N4O2. The van der Waals surface area contributed by atoms with Crippen molar-refractivity contribution in [3.63, 3.8) is 0 Å². The van der Waals surface area contributed by atoms with Gasteiger partial charge in [-0.25, -0.2) is 0 Å². The van der Waals surface area contributed by atoms with Crippen LogP contribution in [0.3, 0.4) is 0 Å². The fourth-order valence-corrected chi connectivity index (χ4v) is 2.58. The SMILES string of the molecule is c1cncc(-c2nnc(-c3ccc(N4CCOCC4)cc3)o2)c1. The number of hydrogen-bond donors (Lipinski definition) is 0. The molecule has 0 saturated carbocycles. The van der Waals surface area contributed by atoms with E-state index in [1.165, 1.54) is 5.69 Å². The first-order valence-corrected chi connectivity index (χ1v) is 7.57.